The Kier molecular flexibility index (Phi) is 3.16. The molecule has 1 N–H and O–H groups in total. The molecule has 3 heteroatoms. The molecule has 4 bridgehead atoms. The largest absolute Gasteiger partial charge is 0.351 e. The van der Waals surface area contributed by atoms with Crippen molar-refractivity contribution >= 4 is 5.91 Å². The van der Waals surface area contributed by atoms with Gasteiger partial charge in [-0.2, -0.15) is 0 Å². The molecule has 19 heavy (non-hydrogen) atoms. The fraction of sp³-hybridized carbons (Fsp3) is 0.938. The van der Waals surface area contributed by atoms with E-state index in [4.69, 9.17) is 0 Å². The first kappa shape index (κ1) is 13.4. The second kappa shape index (κ2) is 4.47. The highest BCUT2D eigenvalue weighted by Crippen LogP contribution is 2.59. The van der Waals surface area contributed by atoms with Crippen LogP contribution < -0.4 is 5.32 Å². The number of nitrogens with one attached hydrogen (secondary N) is 1. The summed E-state index contributed by atoms with van der Waals surface area (Å²) >= 11 is 0. The number of nitrogens with zero attached hydrogens (tertiary/aromatic N) is 1. The normalized spacial score (nSPS) is 45.5. The minimum absolute atomic E-state index is 0.0206. The Balaban J connectivity index is 1.68. The molecule has 0 aromatic carbocycles. The zero-order valence-electron chi connectivity index (χ0n) is 12.8. The monoisotopic (exact) mass is 264 g/mol. The quantitative estimate of drug-likeness (QED) is 0.848. The minimum Gasteiger partial charge on any atom is -0.351 e. The van der Waals surface area contributed by atoms with Crippen molar-refractivity contribution in [2.24, 2.45) is 23.2 Å². The molecule has 108 valence electrons. The molecule has 4 fully saturated rings. The highest BCUT2D eigenvalue weighted by atomic mass is 16.2. The number of rotatable bonds is 3. The van der Waals surface area contributed by atoms with Gasteiger partial charge in [0.1, 0.15) is 0 Å². The van der Waals surface area contributed by atoms with Gasteiger partial charge in [-0.05, 0) is 76.3 Å². The third-order valence-corrected chi connectivity index (χ3v) is 6.04. The van der Waals surface area contributed by atoms with Crippen LogP contribution in [0.15, 0.2) is 0 Å². The van der Waals surface area contributed by atoms with Crippen molar-refractivity contribution in [3.63, 3.8) is 0 Å². The predicted molar refractivity (Wildman–Crippen MR) is 76.7 cm³/mol. The first-order valence-corrected chi connectivity index (χ1v) is 7.85. The molecule has 0 radical (unpaired) electrons. The van der Waals surface area contributed by atoms with E-state index >= 15 is 0 Å². The van der Waals surface area contributed by atoms with E-state index < -0.39 is 0 Å². The molecule has 0 aromatic rings. The minimum atomic E-state index is -0.0206. The van der Waals surface area contributed by atoms with Gasteiger partial charge in [-0.15, -0.1) is 0 Å². The van der Waals surface area contributed by atoms with Crippen molar-refractivity contribution < 1.29 is 4.79 Å². The second-order valence-electron chi connectivity index (χ2n) is 7.95. The highest BCUT2D eigenvalue weighted by molar-refractivity contribution is 5.81. The van der Waals surface area contributed by atoms with Crippen LogP contribution in [0.2, 0.25) is 0 Å². The second-order valence-corrected chi connectivity index (χ2v) is 7.95. The molecule has 3 nitrogen and oxygen atoms in total. The van der Waals surface area contributed by atoms with E-state index in [-0.39, 0.29) is 11.9 Å². The maximum atomic E-state index is 12.3. The Bertz CT molecular complexity index is 363. The lowest BCUT2D eigenvalue weighted by atomic mass is 9.48. The van der Waals surface area contributed by atoms with Gasteiger partial charge in [-0.1, -0.05) is 6.92 Å². The van der Waals surface area contributed by atoms with Crippen molar-refractivity contribution in [2.45, 2.75) is 58.0 Å². The van der Waals surface area contributed by atoms with Crippen LogP contribution in [-0.4, -0.2) is 37.0 Å². The Hall–Kier alpha value is -0.570. The summed E-state index contributed by atoms with van der Waals surface area (Å²) in [4.78, 5) is 14.3. The van der Waals surface area contributed by atoms with Gasteiger partial charge in [0.2, 0.25) is 5.91 Å². The molecule has 3 unspecified atom stereocenters. The lowest BCUT2D eigenvalue weighted by Crippen LogP contribution is -2.60. The summed E-state index contributed by atoms with van der Waals surface area (Å²) < 4.78 is 0. The predicted octanol–water partition coefficient (Wildman–Crippen LogP) is 2.27. The van der Waals surface area contributed by atoms with Gasteiger partial charge < -0.3 is 5.32 Å². The number of amides is 1. The number of hydrogen-bond donors (Lipinski definition) is 1. The summed E-state index contributed by atoms with van der Waals surface area (Å²) in [5.41, 5.74) is 0.588. The van der Waals surface area contributed by atoms with Gasteiger partial charge in [0, 0.05) is 6.04 Å². The molecule has 4 aliphatic rings. The molecule has 3 atom stereocenters. The average Bonchev–Trinajstić information content (AvgIpc) is 2.30. The van der Waals surface area contributed by atoms with Crippen LogP contribution in [-0.2, 0) is 4.79 Å². The highest BCUT2D eigenvalue weighted by Gasteiger charge is 2.53. The lowest BCUT2D eigenvalue weighted by Gasteiger charge is -2.59. The lowest BCUT2D eigenvalue weighted by molar-refractivity contribution is -0.131. The smallest absolute Gasteiger partial charge is 0.237 e. The SMILES string of the molecule is CC(C(=O)NC1C2CC3CC1CC(C)(C3)C2)N(C)C. The third kappa shape index (κ3) is 2.31. The van der Waals surface area contributed by atoms with Crippen LogP contribution in [0.3, 0.4) is 0 Å². The first-order chi connectivity index (χ1) is 8.88. The topological polar surface area (TPSA) is 32.3 Å². The zero-order valence-corrected chi connectivity index (χ0v) is 12.8. The number of carbonyl (C=O) groups is 1. The van der Waals surface area contributed by atoms with Gasteiger partial charge in [0.25, 0.3) is 0 Å². The Labute approximate surface area is 117 Å². The van der Waals surface area contributed by atoms with Crippen LogP contribution in [0.4, 0.5) is 0 Å². The summed E-state index contributed by atoms with van der Waals surface area (Å²) in [6.07, 6.45) is 6.82. The number of carbonyl (C=O) groups excluding carboxylic acids is 1. The van der Waals surface area contributed by atoms with Crippen LogP contribution in [0, 0.1) is 23.2 Å². The molecular weight excluding hydrogens is 236 g/mol. The van der Waals surface area contributed by atoms with E-state index in [0.717, 1.165) is 17.8 Å². The van der Waals surface area contributed by atoms with Crippen LogP contribution >= 0.6 is 0 Å². The van der Waals surface area contributed by atoms with E-state index in [1.54, 1.807) is 0 Å². The van der Waals surface area contributed by atoms with Gasteiger partial charge in [-0.3, -0.25) is 9.69 Å². The number of likely N-dealkylation sites (N-methyl/N-ethyl adjacent to an activating group) is 1. The molecule has 0 heterocycles. The molecule has 0 saturated heterocycles. The average molecular weight is 264 g/mol. The van der Waals surface area contributed by atoms with Crippen molar-refractivity contribution in [1.29, 1.82) is 0 Å². The van der Waals surface area contributed by atoms with E-state index in [0.29, 0.717) is 11.5 Å². The van der Waals surface area contributed by atoms with E-state index in [2.05, 4.69) is 12.2 Å². The summed E-state index contributed by atoms with van der Waals surface area (Å²) in [5, 5.41) is 3.38. The molecule has 0 spiro atoms. The van der Waals surface area contributed by atoms with E-state index in [1.165, 1.54) is 32.1 Å². The van der Waals surface area contributed by atoms with Crippen LogP contribution in [0.5, 0.6) is 0 Å². The number of hydrogen-bond acceptors (Lipinski definition) is 2. The molecule has 4 saturated carbocycles. The Morgan fingerprint density at radius 3 is 2.26 bits per heavy atom. The van der Waals surface area contributed by atoms with E-state index in [9.17, 15) is 4.79 Å². The Morgan fingerprint density at radius 2 is 1.79 bits per heavy atom. The molecule has 4 aliphatic carbocycles. The first-order valence-electron chi connectivity index (χ1n) is 7.85. The maximum Gasteiger partial charge on any atom is 0.237 e. The van der Waals surface area contributed by atoms with Crippen molar-refractivity contribution in [1.82, 2.24) is 10.2 Å². The summed E-state index contributed by atoms with van der Waals surface area (Å²) in [5.74, 6) is 2.65. The van der Waals surface area contributed by atoms with Crippen LogP contribution in [0.25, 0.3) is 0 Å². The summed E-state index contributed by atoms with van der Waals surface area (Å²) in [6, 6.07) is 0.437. The van der Waals surface area contributed by atoms with E-state index in [1.807, 2.05) is 25.9 Å². The fourth-order valence-corrected chi connectivity index (χ4v) is 5.19. The molecule has 0 aliphatic heterocycles. The van der Waals surface area contributed by atoms with Crippen molar-refractivity contribution in [3.8, 4) is 0 Å². The molecule has 4 rings (SSSR count). The Morgan fingerprint density at radius 1 is 1.21 bits per heavy atom. The van der Waals surface area contributed by atoms with Crippen molar-refractivity contribution in [3.05, 3.63) is 0 Å². The molecule has 1 amide bonds. The van der Waals surface area contributed by atoms with Gasteiger partial charge in [0.15, 0.2) is 0 Å². The molecular formula is C16H28N2O. The third-order valence-electron chi connectivity index (χ3n) is 6.04. The zero-order chi connectivity index (χ0) is 13.8. The van der Waals surface area contributed by atoms with Crippen molar-refractivity contribution in [2.75, 3.05) is 14.1 Å². The van der Waals surface area contributed by atoms with Crippen LogP contribution in [0.1, 0.15) is 46.0 Å². The molecule has 0 aromatic heterocycles. The summed E-state index contributed by atoms with van der Waals surface area (Å²) in [7, 11) is 3.95. The summed E-state index contributed by atoms with van der Waals surface area (Å²) in [6.45, 7) is 4.46. The standard InChI is InChI=1S/C16H28N2O/c1-10(18(3)4)15(19)17-14-12-5-11-6-13(14)9-16(2,7-11)8-12/h10-14H,5-9H2,1-4H3,(H,17,19). The van der Waals surface area contributed by atoms with Gasteiger partial charge in [0.05, 0.1) is 6.04 Å². The maximum absolute atomic E-state index is 12.3. The fourth-order valence-electron chi connectivity index (χ4n) is 5.19. The van der Waals surface area contributed by atoms with Gasteiger partial charge >= 0.3 is 0 Å². The van der Waals surface area contributed by atoms with Gasteiger partial charge in [-0.25, -0.2) is 0 Å².